The maximum absolute atomic E-state index is 12.4. The number of aliphatic hydroxyl groups is 1. The van der Waals surface area contributed by atoms with Gasteiger partial charge >= 0.3 is 11.9 Å². The molecular formula is C17H27NO5. The molecule has 0 saturated carbocycles. The highest BCUT2D eigenvalue weighted by Gasteiger charge is 2.39. The molecule has 1 rings (SSSR count). The van der Waals surface area contributed by atoms with Crippen LogP contribution in [0, 0.1) is 11.8 Å². The van der Waals surface area contributed by atoms with E-state index in [1.54, 1.807) is 27.7 Å². The maximum atomic E-state index is 12.4. The SMILES string of the molecule is CCOC(=O)C1=C(C)NC(C)=C(C(=O)OCC)C1C(C)CCO. The molecule has 0 aromatic carbocycles. The average Bonchev–Trinajstić information content (AvgIpc) is 2.46. The third-order valence-electron chi connectivity index (χ3n) is 3.95. The van der Waals surface area contributed by atoms with Crippen LogP contribution in [-0.2, 0) is 19.1 Å². The van der Waals surface area contributed by atoms with Crippen molar-refractivity contribution in [2.24, 2.45) is 11.8 Å². The number of rotatable bonds is 7. The van der Waals surface area contributed by atoms with Gasteiger partial charge in [-0.25, -0.2) is 9.59 Å². The van der Waals surface area contributed by atoms with Gasteiger partial charge in [0.05, 0.1) is 24.4 Å². The number of allylic oxidation sites excluding steroid dienone is 2. The number of aliphatic hydroxyl groups excluding tert-OH is 1. The lowest BCUT2D eigenvalue weighted by molar-refractivity contribution is -0.140. The highest BCUT2D eigenvalue weighted by molar-refractivity contribution is 5.97. The van der Waals surface area contributed by atoms with E-state index in [1.165, 1.54) is 0 Å². The molecule has 2 N–H and O–H groups in total. The minimum atomic E-state index is -0.457. The summed E-state index contributed by atoms with van der Waals surface area (Å²) in [6.45, 7) is 9.46. The molecule has 0 spiro atoms. The number of dihydropyridines is 1. The Labute approximate surface area is 137 Å². The van der Waals surface area contributed by atoms with E-state index in [2.05, 4.69) is 5.32 Å². The quantitative estimate of drug-likeness (QED) is 0.696. The van der Waals surface area contributed by atoms with Gasteiger partial charge in [-0.15, -0.1) is 0 Å². The molecule has 0 radical (unpaired) electrons. The third-order valence-corrected chi connectivity index (χ3v) is 3.95. The molecule has 23 heavy (non-hydrogen) atoms. The van der Waals surface area contributed by atoms with Gasteiger partial charge in [0.1, 0.15) is 0 Å². The van der Waals surface area contributed by atoms with Crippen LogP contribution in [0.25, 0.3) is 0 Å². The summed E-state index contributed by atoms with van der Waals surface area (Å²) in [6.07, 6.45) is 0.469. The van der Waals surface area contributed by atoms with E-state index in [1.807, 2.05) is 6.92 Å². The first-order valence-corrected chi connectivity index (χ1v) is 8.02. The fraction of sp³-hybridized carbons (Fsp3) is 0.647. The molecule has 0 bridgehead atoms. The van der Waals surface area contributed by atoms with Crippen molar-refractivity contribution in [2.75, 3.05) is 19.8 Å². The van der Waals surface area contributed by atoms with Gasteiger partial charge < -0.3 is 19.9 Å². The maximum Gasteiger partial charge on any atom is 0.336 e. The third kappa shape index (κ3) is 4.34. The zero-order valence-electron chi connectivity index (χ0n) is 14.6. The molecule has 6 heteroatoms. The smallest absolute Gasteiger partial charge is 0.336 e. The number of hydrogen-bond acceptors (Lipinski definition) is 6. The molecule has 6 nitrogen and oxygen atoms in total. The van der Waals surface area contributed by atoms with Gasteiger partial charge in [0.2, 0.25) is 0 Å². The predicted octanol–water partition coefficient (Wildman–Crippen LogP) is 1.90. The second-order valence-electron chi connectivity index (χ2n) is 5.61. The summed E-state index contributed by atoms with van der Waals surface area (Å²) in [5.41, 5.74) is 2.20. The Kier molecular flexibility index (Phi) is 7.29. The van der Waals surface area contributed by atoms with Gasteiger partial charge in [0, 0.05) is 23.9 Å². The molecule has 1 aliphatic heterocycles. The summed E-state index contributed by atoms with van der Waals surface area (Å²) in [5, 5.41) is 12.4. The second kappa shape index (κ2) is 8.72. The molecule has 130 valence electrons. The predicted molar refractivity (Wildman–Crippen MR) is 86.2 cm³/mol. The van der Waals surface area contributed by atoms with Gasteiger partial charge in [0.25, 0.3) is 0 Å². The van der Waals surface area contributed by atoms with Gasteiger partial charge in [-0.2, -0.15) is 0 Å². The van der Waals surface area contributed by atoms with E-state index in [9.17, 15) is 14.7 Å². The summed E-state index contributed by atoms with van der Waals surface area (Å²) in [7, 11) is 0. The molecule has 0 amide bonds. The highest BCUT2D eigenvalue weighted by atomic mass is 16.5. The summed E-state index contributed by atoms with van der Waals surface area (Å²) in [6, 6.07) is 0. The van der Waals surface area contributed by atoms with Gasteiger partial charge in [-0.1, -0.05) is 6.92 Å². The Morgan fingerprint density at radius 2 is 1.52 bits per heavy atom. The van der Waals surface area contributed by atoms with Crippen LogP contribution in [0.4, 0.5) is 0 Å². The lowest BCUT2D eigenvalue weighted by Gasteiger charge is -2.33. The zero-order valence-corrected chi connectivity index (χ0v) is 14.6. The van der Waals surface area contributed by atoms with E-state index >= 15 is 0 Å². The van der Waals surface area contributed by atoms with Crippen molar-refractivity contribution in [3.8, 4) is 0 Å². The lowest BCUT2D eigenvalue weighted by Crippen LogP contribution is -2.36. The molecule has 0 fully saturated rings. The minimum absolute atomic E-state index is 0.0185. The Bertz CT molecular complexity index is 481. The van der Waals surface area contributed by atoms with Crippen LogP contribution in [0.1, 0.15) is 41.0 Å². The molecule has 1 heterocycles. The minimum Gasteiger partial charge on any atom is -0.463 e. The highest BCUT2D eigenvalue weighted by Crippen LogP contribution is 2.37. The van der Waals surface area contributed by atoms with Gasteiger partial charge in [-0.3, -0.25) is 0 Å². The summed E-state index contributed by atoms with van der Waals surface area (Å²) >= 11 is 0. The number of carbonyl (C=O) groups excluding carboxylic acids is 2. The largest absolute Gasteiger partial charge is 0.463 e. The average molecular weight is 325 g/mol. The Balaban J connectivity index is 3.35. The monoisotopic (exact) mass is 325 g/mol. The fourth-order valence-electron chi connectivity index (χ4n) is 2.94. The molecule has 1 atom stereocenters. The summed E-state index contributed by atoms with van der Waals surface area (Å²) in [4.78, 5) is 24.8. The van der Waals surface area contributed by atoms with Crippen LogP contribution in [-0.4, -0.2) is 36.9 Å². The van der Waals surface area contributed by atoms with Crippen LogP contribution < -0.4 is 5.32 Å². The number of carbonyl (C=O) groups is 2. The Morgan fingerprint density at radius 3 is 1.87 bits per heavy atom. The first-order valence-electron chi connectivity index (χ1n) is 8.02. The Morgan fingerprint density at radius 1 is 1.09 bits per heavy atom. The van der Waals surface area contributed by atoms with Crippen molar-refractivity contribution >= 4 is 11.9 Å². The van der Waals surface area contributed by atoms with E-state index in [0.29, 0.717) is 29.0 Å². The molecular weight excluding hydrogens is 298 g/mol. The summed E-state index contributed by atoms with van der Waals surface area (Å²) in [5.74, 6) is -1.45. The van der Waals surface area contributed by atoms with Crippen LogP contribution >= 0.6 is 0 Å². The van der Waals surface area contributed by atoms with E-state index < -0.39 is 17.9 Å². The van der Waals surface area contributed by atoms with E-state index in [4.69, 9.17) is 9.47 Å². The molecule has 0 aromatic rings. The Hall–Kier alpha value is -1.82. The van der Waals surface area contributed by atoms with E-state index in [0.717, 1.165) is 0 Å². The fourth-order valence-corrected chi connectivity index (χ4v) is 2.94. The van der Waals surface area contributed by atoms with Crippen LogP contribution in [0.3, 0.4) is 0 Å². The standard InChI is InChI=1S/C17H27NO5/c1-6-22-16(20)14-11(4)18-12(5)15(17(21)23-7-2)13(14)10(3)8-9-19/h10,13,18-19H,6-9H2,1-5H3. The lowest BCUT2D eigenvalue weighted by atomic mass is 9.76. The van der Waals surface area contributed by atoms with Crippen molar-refractivity contribution in [3.05, 3.63) is 22.5 Å². The summed E-state index contributed by atoms with van der Waals surface area (Å²) < 4.78 is 10.3. The normalized spacial score (nSPS) is 17.0. The second-order valence-corrected chi connectivity index (χ2v) is 5.61. The van der Waals surface area contributed by atoms with Crippen LogP contribution in [0.2, 0.25) is 0 Å². The van der Waals surface area contributed by atoms with Crippen molar-refractivity contribution in [1.82, 2.24) is 5.32 Å². The van der Waals surface area contributed by atoms with Gasteiger partial charge in [0.15, 0.2) is 0 Å². The van der Waals surface area contributed by atoms with E-state index in [-0.39, 0.29) is 25.7 Å². The topological polar surface area (TPSA) is 84.9 Å². The van der Waals surface area contributed by atoms with Crippen molar-refractivity contribution < 1.29 is 24.2 Å². The van der Waals surface area contributed by atoms with Crippen molar-refractivity contribution in [2.45, 2.75) is 41.0 Å². The molecule has 0 saturated heterocycles. The van der Waals surface area contributed by atoms with Crippen LogP contribution in [0.5, 0.6) is 0 Å². The first kappa shape index (κ1) is 19.2. The van der Waals surface area contributed by atoms with Crippen LogP contribution in [0.15, 0.2) is 22.5 Å². The van der Waals surface area contributed by atoms with Crippen molar-refractivity contribution in [3.63, 3.8) is 0 Å². The molecule has 1 aliphatic rings. The van der Waals surface area contributed by atoms with Gasteiger partial charge in [-0.05, 0) is 40.0 Å². The molecule has 0 aliphatic carbocycles. The number of ether oxygens (including phenoxy) is 2. The zero-order chi connectivity index (χ0) is 17.6. The molecule has 1 unspecified atom stereocenters. The number of hydrogen-bond donors (Lipinski definition) is 2. The van der Waals surface area contributed by atoms with Crippen molar-refractivity contribution in [1.29, 1.82) is 0 Å². The molecule has 0 aromatic heterocycles. The number of nitrogens with one attached hydrogen (secondary N) is 1. The first-order chi connectivity index (χ1) is 10.9. The number of esters is 2.